The van der Waals surface area contributed by atoms with Crippen LogP contribution in [0.1, 0.15) is 49.3 Å². The van der Waals surface area contributed by atoms with Crippen LogP contribution in [-0.4, -0.2) is 40.0 Å². The molecule has 178 valence electrons. The molecule has 4 fully saturated rings. The zero-order chi connectivity index (χ0) is 23.0. The molecular formula is C29H35N2O2S+. The Hall–Kier alpha value is -2.08. The third kappa shape index (κ3) is 4.12. The highest BCUT2D eigenvalue weighted by atomic mass is 32.2. The van der Waals surface area contributed by atoms with Crippen molar-refractivity contribution >= 4 is 11.8 Å². The third-order valence-electron chi connectivity index (χ3n) is 8.72. The molecule has 0 radical (unpaired) electrons. The van der Waals surface area contributed by atoms with Crippen molar-refractivity contribution < 1.29 is 14.0 Å². The Morgan fingerprint density at radius 2 is 1.68 bits per heavy atom. The van der Waals surface area contributed by atoms with E-state index in [0.717, 1.165) is 53.4 Å². The third-order valence-corrected chi connectivity index (χ3v) is 9.93. The average Bonchev–Trinajstić information content (AvgIpc) is 3.32. The molecule has 2 atom stereocenters. The van der Waals surface area contributed by atoms with Gasteiger partial charge >= 0.3 is 0 Å². The highest BCUT2D eigenvalue weighted by Crippen LogP contribution is 2.47. The molecule has 3 aliphatic heterocycles. The summed E-state index contributed by atoms with van der Waals surface area (Å²) in [6.45, 7) is 4.59. The van der Waals surface area contributed by atoms with Gasteiger partial charge < -0.3 is 14.0 Å². The summed E-state index contributed by atoms with van der Waals surface area (Å²) in [4.78, 5) is 6.05. The van der Waals surface area contributed by atoms with Gasteiger partial charge in [0.05, 0.1) is 25.8 Å². The number of aliphatic hydroxyl groups is 1. The average molecular weight is 476 g/mol. The van der Waals surface area contributed by atoms with Gasteiger partial charge in [-0.15, -0.1) is 11.8 Å². The SMILES string of the molecule is O[C@@](c1ccccc1)(c1ncc(C[N+]23CCC(CC2)C(CSc2ccccc2)C3)o1)C1CCC1. The first kappa shape index (κ1) is 22.4. The lowest BCUT2D eigenvalue weighted by molar-refractivity contribution is -0.959. The van der Waals surface area contributed by atoms with Crippen LogP contribution in [0, 0.1) is 17.8 Å². The predicted molar refractivity (Wildman–Crippen MR) is 135 cm³/mol. The maximum atomic E-state index is 11.9. The number of thioether (sulfide) groups is 1. The van der Waals surface area contributed by atoms with Gasteiger partial charge in [0.1, 0.15) is 6.54 Å². The topological polar surface area (TPSA) is 46.3 Å². The summed E-state index contributed by atoms with van der Waals surface area (Å²) in [5.74, 6) is 4.41. The zero-order valence-corrected chi connectivity index (χ0v) is 20.6. The predicted octanol–water partition coefficient (Wildman–Crippen LogP) is 5.86. The van der Waals surface area contributed by atoms with E-state index in [1.165, 1.54) is 43.1 Å². The van der Waals surface area contributed by atoms with Gasteiger partial charge in [0.2, 0.25) is 5.89 Å². The maximum absolute atomic E-state index is 11.9. The van der Waals surface area contributed by atoms with Crippen LogP contribution in [0.3, 0.4) is 0 Å². The molecule has 3 saturated heterocycles. The van der Waals surface area contributed by atoms with E-state index in [4.69, 9.17) is 4.42 Å². The van der Waals surface area contributed by atoms with Crippen LogP contribution in [0.5, 0.6) is 0 Å². The lowest BCUT2D eigenvalue weighted by Crippen LogP contribution is -2.61. The van der Waals surface area contributed by atoms with Crippen molar-refractivity contribution in [3.63, 3.8) is 0 Å². The largest absolute Gasteiger partial charge is 0.436 e. The van der Waals surface area contributed by atoms with Crippen LogP contribution in [-0.2, 0) is 12.1 Å². The Kier molecular flexibility index (Phi) is 6.04. The van der Waals surface area contributed by atoms with Crippen molar-refractivity contribution in [2.45, 2.75) is 49.1 Å². The first-order valence-electron chi connectivity index (χ1n) is 12.9. The van der Waals surface area contributed by atoms with Gasteiger partial charge in [-0.25, -0.2) is 4.98 Å². The Morgan fingerprint density at radius 1 is 0.971 bits per heavy atom. The number of quaternary nitrogens is 1. The van der Waals surface area contributed by atoms with Gasteiger partial charge in [0, 0.05) is 35.3 Å². The van der Waals surface area contributed by atoms with Crippen molar-refractivity contribution in [1.29, 1.82) is 0 Å². The molecule has 5 heteroatoms. The van der Waals surface area contributed by atoms with Crippen LogP contribution >= 0.6 is 11.8 Å². The number of benzene rings is 2. The molecule has 0 amide bonds. The smallest absolute Gasteiger partial charge is 0.231 e. The molecule has 1 saturated carbocycles. The van der Waals surface area contributed by atoms with E-state index in [0.29, 0.717) is 5.89 Å². The number of hydrogen-bond donors (Lipinski definition) is 1. The lowest BCUT2D eigenvalue weighted by atomic mass is 9.69. The van der Waals surface area contributed by atoms with Gasteiger partial charge in [-0.05, 0) is 36.5 Å². The molecule has 7 rings (SSSR count). The van der Waals surface area contributed by atoms with Gasteiger partial charge in [-0.3, -0.25) is 0 Å². The molecule has 34 heavy (non-hydrogen) atoms. The van der Waals surface area contributed by atoms with Crippen molar-refractivity contribution in [3.05, 3.63) is 84.1 Å². The minimum Gasteiger partial charge on any atom is -0.436 e. The summed E-state index contributed by atoms with van der Waals surface area (Å²) >= 11 is 2.01. The molecule has 4 aliphatic rings. The highest BCUT2D eigenvalue weighted by Gasteiger charge is 2.49. The summed E-state index contributed by atoms with van der Waals surface area (Å²) in [6.07, 6.45) is 7.73. The number of aromatic nitrogens is 1. The van der Waals surface area contributed by atoms with E-state index >= 15 is 0 Å². The first-order valence-corrected chi connectivity index (χ1v) is 13.9. The molecule has 4 nitrogen and oxygen atoms in total. The molecule has 2 bridgehead atoms. The fourth-order valence-electron chi connectivity index (χ4n) is 6.51. The summed E-state index contributed by atoms with van der Waals surface area (Å²) in [6, 6.07) is 20.8. The number of rotatable bonds is 8. The summed E-state index contributed by atoms with van der Waals surface area (Å²) in [7, 11) is 0. The molecule has 1 unspecified atom stereocenters. The van der Waals surface area contributed by atoms with Gasteiger partial charge in [-0.2, -0.15) is 0 Å². The lowest BCUT2D eigenvalue weighted by Gasteiger charge is -2.52. The van der Waals surface area contributed by atoms with Crippen LogP contribution in [0.15, 0.2) is 76.2 Å². The van der Waals surface area contributed by atoms with E-state index in [9.17, 15) is 5.11 Å². The molecule has 2 aromatic carbocycles. The number of hydrogen-bond acceptors (Lipinski definition) is 4. The second-order valence-corrected chi connectivity index (χ2v) is 11.8. The quantitative estimate of drug-likeness (QED) is 0.327. The second-order valence-electron chi connectivity index (χ2n) is 10.7. The molecular weight excluding hydrogens is 440 g/mol. The van der Waals surface area contributed by atoms with E-state index < -0.39 is 5.60 Å². The van der Waals surface area contributed by atoms with E-state index in [2.05, 4.69) is 35.3 Å². The monoisotopic (exact) mass is 475 g/mol. The van der Waals surface area contributed by atoms with Gasteiger partial charge in [0.15, 0.2) is 11.4 Å². The van der Waals surface area contributed by atoms with Crippen LogP contribution in [0.4, 0.5) is 0 Å². The molecule has 4 heterocycles. The van der Waals surface area contributed by atoms with Gasteiger partial charge in [0.25, 0.3) is 0 Å². The Bertz CT molecular complexity index is 1090. The zero-order valence-electron chi connectivity index (χ0n) is 19.8. The standard InChI is InChI=1S/C29H35N2O2S/c32-29(25-10-7-11-25,24-8-3-1-4-9-24)28-30-18-26(33-28)20-31-16-14-22(15-17-31)23(19-31)21-34-27-12-5-2-6-13-27/h1-6,8-9,12-13,18,22-23,25,32H,7,10-11,14-17,19-21H2/q+1/t22?,23?,29-,31?/m1/s1. The number of nitrogens with zero attached hydrogens (tertiary/aromatic N) is 2. The minimum absolute atomic E-state index is 0.179. The fraction of sp³-hybridized carbons (Fsp3) is 0.483. The van der Waals surface area contributed by atoms with E-state index in [1.807, 2.05) is 48.3 Å². The van der Waals surface area contributed by atoms with E-state index in [-0.39, 0.29) is 5.92 Å². The molecule has 3 aromatic rings. The van der Waals surface area contributed by atoms with E-state index in [1.54, 1.807) is 0 Å². The second kappa shape index (κ2) is 9.18. The van der Waals surface area contributed by atoms with Crippen molar-refractivity contribution in [3.8, 4) is 0 Å². The van der Waals surface area contributed by atoms with Crippen molar-refractivity contribution in [2.24, 2.45) is 17.8 Å². The number of fused-ring (bicyclic) bond motifs is 3. The number of piperidine rings is 3. The summed E-state index contributed by atoms with van der Waals surface area (Å²) in [5.41, 5.74) is -0.224. The summed E-state index contributed by atoms with van der Waals surface area (Å²) < 4.78 is 7.50. The van der Waals surface area contributed by atoms with Crippen LogP contribution in [0.2, 0.25) is 0 Å². The van der Waals surface area contributed by atoms with Crippen LogP contribution in [0.25, 0.3) is 0 Å². The maximum Gasteiger partial charge on any atom is 0.231 e. The van der Waals surface area contributed by atoms with Crippen LogP contribution < -0.4 is 0 Å². The highest BCUT2D eigenvalue weighted by molar-refractivity contribution is 7.99. The molecule has 1 N–H and O–H groups in total. The minimum atomic E-state index is -1.12. The Labute approximate surface area is 207 Å². The molecule has 1 aliphatic carbocycles. The Morgan fingerprint density at radius 3 is 2.35 bits per heavy atom. The fourth-order valence-corrected chi connectivity index (χ4v) is 7.64. The molecule has 0 spiro atoms. The van der Waals surface area contributed by atoms with Crippen molar-refractivity contribution in [1.82, 2.24) is 4.98 Å². The van der Waals surface area contributed by atoms with Crippen molar-refractivity contribution in [2.75, 3.05) is 25.4 Å². The molecule has 1 aromatic heterocycles. The number of oxazole rings is 1. The van der Waals surface area contributed by atoms with Gasteiger partial charge in [-0.1, -0.05) is 55.0 Å². The first-order chi connectivity index (χ1) is 16.6. The summed E-state index contributed by atoms with van der Waals surface area (Å²) in [5, 5.41) is 11.9. The normalized spacial score (nSPS) is 28.4. The Balaban J connectivity index is 1.19.